The Balaban J connectivity index is 1.83. The molecule has 0 aromatic rings. The fourth-order valence-electron chi connectivity index (χ4n) is 4.96. The average Bonchev–Trinajstić information content (AvgIpc) is 2.86. The number of nitrogens with two attached hydrogens (primary N) is 7. The van der Waals surface area contributed by atoms with Crippen molar-refractivity contribution in [1.29, 1.82) is 0 Å². The van der Waals surface area contributed by atoms with Crippen molar-refractivity contribution in [2.75, 3.05) is 26.3 Å². The predicted octanol–water partition coefficient (Wildman–Crippen LogP) is -7.00. The lowest BCUT2D eigenvalue weighted by molar-refractivity contribution is -0.318. The maximum absolute atomic E-state index is 10.6. The maximum Gasteiger partial charge on any atom is 0.186 e. The normalized spacial score (nSPS) is 46.0. The minimum Gasteiger partial charge on any atom is -0.394 e. The summed E-state index contributed by atoms with van der Waals surface area (Å²) in [5.41, 5.74) is 41.5. The van der Waals surface area contributed by atoms with Gasteiger partial charge < -0.3 is 84.2 Å². The van der Waals surface area contributed by atoms with Crippen molar-refractivity contribution in [3.63, 3.8) is 0 Å². The van der Waals surface area contributed by atoms with Gasteiger partial charge in [0.2, 0.25) is 0 Å². The third-order valence-electron chi connectivity index (χ3n) is 7.09. The molecule has 17 heteroatoms. The Bertz CT molecular complexity index is 766. The Morgan fingerprint density at radius 1 is 0.816 bits per heavy atom. The van der Waals surface area contributed by atoms with Gasteiger partial charge in [-0.25, -0.2) is 0 Å². The van der Waals surface area contributed by atoms with Crippen LogP contribution in [0.1, 0.15) is 12.8 Å². The van der Waals surface area contributed by atoms with Gasteiger partial charge in [-0.05, 0) is 12.8 Å². The van der Waals surface area contributed by atoms with Gasteiger partial charge in [-0.3, -0.25) is 4.99 Å². The summed E-state index contributed by atoms with van der Waals surface area (Å²) in [6.45, 7) is -0.377. The van der Waals surface area contributed by atoms with E-state index in [4.69, 9.17) is 63.8 Å². The zero-order valence-corrected chi connectivity index (χ0v) is 21.1. The molecule has 0 amide bonds. The van der Waals surface area contributed by atoms with E-state index in [0.29, 0.717) is 0 Å². The second-order valence-corrected chi connectivity index (χ2v) is 9.94. The quantitative estimate of drug-likeness (QED) is 0.0681. The highest BCUT2D eigenvalue weighted by Gasteiger charge is 2.51. The number of ether oxygens (including phenoxy) is 5. The molecule has 3 aliphatic rings. The molecule has 3 rings (SSSR count). The van der Waals surface area contributed by atoms with E-state index < -0.39 is 92.2 Å². The summed E-state index contributed by atoms with van der Waals surface area (Å²) in [6.07, 6.45) is -10.1. The van der Waals surface area contributed by atoms with Crippen molar-refractivity contribution in [2.24, 2.45) is 45.1 Å². The van der Waals surface area contributed by atoms with Crippen LogP contribution < -0.4 is 40.1 Å². The molecular formula is C21H44N8O9. The number of rotatable bonds is 10. The summed E-state index contributed by atoms with van der Waals surface area (Å²) in [7, 11) is 0. The molecule has 2 heterocycles. The second-order valence-electron chi connectivity index (χ2n) is 9.94. The molecule has 0 aromatic heterocycles. The first-order valence-corrected chi connectivity index (χ1v) is 12.6. The topological polar surface area (TPSA) is 322 Å². The molecule has 17 nitrogen and oxygen atoms in total. The van der Waals surface area contributed by atoms with Gasteiger partial charge in [0, 0.05) is 18.6 Å². The molecule has 0 unspecified atom stereocenters. The molecule has 3 fully saturated rings. The smallest absolute Gasteiger partial charge is 0.186 e. The Hall–Kier alpha value is -1.29. The first-order valence-electron chi connectivity index (χ1n) is 12.6. The van der Waals surface area contributed by atoms with E-state index in [-0.39, 0.29) is 38.5 Å². The van der Waals surface area contributed by atoms with Gasteiger partial charge in [-0.15, -0.1) is 0 Å². The zero-order chi connectivity index (χ0) is 28.1. The van der Waals surface area contributed by atoms with E-state index in [1.54, 1.807) is 0 Å². The molecule has 1 aliphatic carbocycles. The van der Waals surface area contributed by atoms with E-state index in [9.17, 15) is 20.4 Å². The standard InChI is InChI=1S/C21H44N8O9/c22-5-11-10(31)4-9(25)19(35-11)37-16-7(23)3-8(24)17(18(16)34-2-1-29-21(27)28)38-20-15(33)13(26)14(32)12(6-30)36-20/h7-20,30-33H,1-6,22-26H2,(H4,27,28,29)/t7-,8+,9-,10+,11-,12-,13+,14-,15-,16+,17-,18-,19-,20-/m1/s1. The van der Waals surface area contributed by atoms with Crippen LogP contribution in [0.3, 0.4) is 0 Å². The summed E-state index contributed by atoms with van der Waals surface area (Å²) in [5, 5.41) is 40.5. The number of aliphatic hydroxyl groups excluding tert-OH is 4. The molecule has 2 saturated heterocycles. The molecule has 0 aromatic carbocycles. The SMILES string of the molecule is NC[C@H]1O[C@H](O[C@@H]2[C@@H](OCCN=C(N)N)[C@H](O[C@H]3O[C@H](CO)[C@@H](O)[C@H](N)[C@H]3O)[C@@H](N)C[C@H]2N)[C@H](N)C[C@@H]1O. The first-order chi connectivity index (χ1) is 18.0. The van der Waals surface area contributed by atoms with E-state index in [2.05, 4.69) is 4.99 Å². The maximum atomic E-state index is 10.6. The number of aliphatic imine (C=N–C) groups is 1. The average molecular weight is 553 g/mol. The predicted molar refractivity (Wildman–Crippen MR) is 133 cm³/mol. The van der Waals surface area contributed by atoms with Gasteiger partial charge in [-0.1, -0.05) is 0 Å². The zero-order valence-electron chi connectivity index (χ0n) is 21.1. The van der Waals surface area contributed by atoms with Gasteiger partial charge in [0.1, 0.15) is 36.6 Å². The minimum atomic E-state index is -1.45. The largest absolute Gasteiger partial charge is 0.394 e. The number of hydrogen-bond acceptors (Lipinski definition) is 15. The molecular weight excluding hydrogens is 508 g/mol. The van der Waals surface area contributed by atoms with Crippen LogP contribution in [0.4, 0.5) is 0 Å². The van der Waals surface area contributed by atoms with Crippen LogP contribution in [-0.2, 0) is 23.7 Å². The van der Waals surface area contributed by atoms with Gasteiger partial charge in [-0.2, -0.15) is 0 Å². The first kappa shape index (κ1) is 31.2. The van der Waals surface area contributed by atoms with Crippen molar-refractivity contribution < 1.29 is 44.1 Å². The van der Waals surface area contributed by atoms with Crippen LogP contribution in [0, 0.1) is 0 Å². The van der Waals surface area contributed by atoms with Crippen molar-refractivity contribution in [1.82, 2.24) is 0 Å². The Morgan fingerprint density at radius 2 is 1.42 bits per heavy atom. The van der Waals surface area contributed by atoms with E-state index in [1.165, 1.54) is 0 Å². The highest BCUT2D eigenvalue weighted by atomic mass is 16.7. The summed E-state index contributed by atoms with van der Waals surface area (Å²) in [5.74, 6) is -0.125. The number of guanidine groups is 1. The third kappa shape index (κ3) is 7.26. The van der Waals surface area contributed by atoms with Crippen molar-refractivity contribution in [3.8, 4) is 0 Å². The van der Waals surface area contributed by atoms with E-state index in [1.807, 2.05) is 0 Å². The van der Waals surface area contributed by atoms with Crippen LogP contribution in [0.25, 0.3) is 0 Å². The van der Waals surface area contributed by atoms with Gasteiger partial charge in [0.05, 0.1) is 44.1 Å². The molecule has 0 radical (unpaired) electrons. The van der Waals surface area contributed by atoms with Crippen LogP contribution in [0.2, 0.25) is 0 Å². The second kappa shape index (κ2) is 13.9. The summed E-state index contributed by atoms with van der Waals surface area (Å²) in [6, 6.07) is -3.20. The minimum absolute atomic E-state index is 0.0228. The highest BCUT2D eigenvalue weighted by Crippen LogP contribution is 2.32. The Labute approximate surface area is 220 Å². The van der Waals surface area contributed by atoms with E-state index in [0.717, 1.165) is 0 Å². The molecule has 14 atom stereocenters. The molecule has 222 valence electrons. The number of aliphatic hydroxyl groups is 4. The van der Waals surface area contributed by atoms with Crippen LogP contribution in [-0.4, -0.2) is 138 Å². The van der Waals surface area contributed by atoms with E-state index >= 15 is 0 Å². The monoisotopic (exact) mass is 552 g/mol. The summed E-state index contributed by atoms with van der Waals surface area (Å²) in [4.78, 5) is 3.90. The molecule has 0 spiro atoms. The number of hydrogen-bond donors (Lipinski definition) is 11. The van der Waals surface area contributed by atoms with Gasteiger partial charge in [0.25, 0.3) is 0 Å². The van der Waals surface area contributed by atoms with Crippen molar-refractivity contribution in [3.05, 3.63) is 0 Å². The highest BCUT2D eigenvalue weighted by molar-refractivity contribution is 5.75. The summed E-state index contributed by atoms with van der Waals surface area (Å²) < 4.78 is 29.7. The van der Waals surface area contributed by atoms with Gasteiger partial charge in [0.15, 0.2) is 18.5 Å². The molecule has 1 saturated carbocycles. The molecule has 38 heavy (non-hydrogen) atoms. The van der Waals surface area contributed by atoms with Crippen LogP contribution >= 0.6 is 0 Å². The number of nitrogens with zero attached hydrogens (tertiary/aromatic N) is 1. The van der Waals surface area contributed by atoms with Crippen LogP contribution in [0.5, 0.6) is 0 Å². The third-order valence-corrected chi connectivity index (χ3v) is 7.09. The molecule has 2 aliphatic heterocycles. The lowest BCUT2D eigenvalue weighted by Crippen LogP contribution is -2.68. The molecule has 18 N–H and O–H groups in total. The molecule has 0 bridgehead atoms. The Kier molecular flexibility index (Phi) is 11.4. The van der Waals surface area contributed by atoms with Crippen molar-refractivity contribution >= 4 is 5.96 Å². The fourth-order valence-corrected chi connectivity index (χ4v) is 4.96. The van der Waals surface area contributed by atoms with Gasteiger partial charge >= 0.3 is 0 Å². The summed E-state index contributed by atoms with van der Waals surface area (Å²) >= 11 is 0. The fraction of sp³-hybridized carbons (Fsp3) is 0.952. The Morgan fingerprint density at radius 3 is 2.00 bits per heavy atom. The van der Waals surface area contributed by atoms with Crippen LogP contribution in [0.15, 0.2) is 4.99 Å². The van der Waals surface area contributed by atoms with Crippen molar-refractivity contribution in [2.45, 2.75) is 98.4 Å². The lowest BCUT2D eigenvalue weighted by Gasteiger charge is -2.49. The lowest BCUT2D eigenvalue weighted by atomic mass is 9.84.